The first-order chi connectivity index (χ1) is 7.54. The first kappa shape index (κ1) is 12.2. The van der Waals surface area contributed by atoms with Gasteiger partial charge in [0, 0.05) is 17.2 Å². The quantitative estimate of drug-likeness (QED) is 0.402. The zero-order valence-electron chi connectivity index (χ0n) is 9.28. The lowest BCUT2D eigenvalue weighted by atomic mass is 10.1. The highest BCUT2D eigenvalue weighted by atomic mass is 16.2. The highest BCUT2D eigenvalue weighted by molar-refractivity contribution is 5.97. The number of anilines is 1. The second-order valence-electron chi connectivity index (χ2n) is 3.70. The van der Waals surface area contributed by atoms with Crippen molar-refractivity contribution in [2.75, 3.05) is 5.32 Å². The topological polar surface area (TPSA) is 84.2 Å². The van der Waals surface area contributed by atoms with Crippen LogP contribution in [-0.4, -0.2) is 11.8 Å². The average Bonchev–Trinajstić information content (AvgIpc) is 2.28. The van der Waals surface area contributed by atoms with Gasteiger partial charge in [-0.3, -0.25) is 15.0 Å². The van der Waals surface area contributed by atoms with Crippen molar-refractivity contribution in [3.05, 3.63) is 29.8 Å². The highest BCUT2D eigenvalue weighted by Crippen LogP contribution is 2.11. The van der Waals surface area contributed by atoms with Crippen molar-refractivity contribution in [3.8, 4) is 0 Å². The van der Waals surface area contributed by atoms with Crippen LogP contribution in [0.1, 0.15) is 24.2 Å². The zero-order chi connectivity index (χ0) is 12.1. The molecule has 0 saturated carbocycles. The van der Waals surface area contributed by atoms with E-state index in [0.29, 0.717) is 11.3 Å². The van der Waals surface area contributed by atoms with Gasteiger partial charge in [-0.1, -0.05) is 19.9 Å². The van der Waals surface area contributed by atoms with Gasteiger partial charge in [-0.15, -0.1) is 0 Å². The summed E-state index contributed by atoms with van der Waals surface area (Å²) in [6, 6.07) is 6.59. The number of carbonyl (C=O) groups is 2. The number of carbonyl (C=O) groups excluding carboxylic acids is 2. The monoisotopic (exact) mass is 221 g/mol. The van der Waals surface area contributed by atoms with Crippen LogP contribution in [0, 0.1) is 5.92 Å². The van der Waals surface area contributed by atoms with Crippen molar-refractivity contribution in [1.29, 1.82) is 0 Å². The molecule has 16 heavy (non-hydrogen) atoms. The molecule has 1 rings (SSSR count). The Morgan fingerprint density at radius 2 is 2.00 bits per heavy atom. The van der Waals surface area contributed by atoms with E-state index in [1.54, 1.807) is 38.1 Å². The lowest BCUT2D eigenvalue weighted by Gasteiger charge is -2.08. The lowest BCUT2D eigenvalue weighted by Crippen LogP contribution is -2.30. The van der Waals surface area contributed by atoms with E-state index in [4.69, 9.17) is 5.84 Å². The number of nitrogen functional groups attached to an aromatic ring is 1. The number of nitrogens with one attached hydrogen (secondary N) is 2. The standard InChI is InChI=1S/C11H15N3O2/c1-7(2)10(15)13-9-5-3-4-8(6-9)11(16)14-12/h3-7H,12H2,1-2H3,(H,13,15)(H,14,16). The van der Waals surface area contributed by atoms with Crippen molar-refractivity contribution < 1.29 is 9.59 Å². The maximum Gasteiger partial charge on any atom is 0.265 e. The van der Waals surface area contributed by atoms with Gasteiger partial charge in [-0.05, 0) is 18.2 Å². The molecule has 0 fully saturated rings. The fourth-order valence-electron chi connectivity index (χ4n) is 1.11. The molecule has 0 atom stereocenters. The van der Waals surface area contributed by atoms with Crippen molar-refractivity contribution in [2.24, 2.45) is 11.8 Å². The fourth-order valence-corrected chi connectivity index (χ4v) is 1.11. The largest absolute Gasteiger partial charge is 0.326 e. The van der Waals surface area contributed by atoms with Crippen LogP contribution in [0.25, 0.3) is 0 Å². The average molecular weight is 221 g/mol. The molecule has 4 N–H and O–H groups in total. The predicted octanol–water partition coefficient (Wildman–Crippen LogP) is 0.885. The van der Waals surface area contributed by atoms with Crippen LogP contribution >= 0.6 is 0 Å². The summed E-state index contributed by atoms with van der Waals surface area (Å²) in [4.78, 5) is 22.7. The maximum absolute atomic E-state index is 11.4. The third-order valence-corrected chi connectivity index (χ3v) is 2.05. The number of nitrogens with two attached hydrogens (primary N) is 1. The Kier molecular flexibility index (Phi) is 4.02. The molecule has 0 spiro atoms. The van der Waals surface area contributed by atoms with E-state index < -0.39 is 0 Å². The third-order valence-electron chi connectivity index (χ3n) is 2.05. The minimum atomic E-state index is -0.388. The van der Waals surface area contributed by atoms with Crippen LogP contribution in [0.2, 0.25) is 0 Å². The van der Waals surface area contributed by atoms with Gasteiger partial charge in [0.1, 0.15) is 0 Å². The van der Waals surface area contributed by atoms with E-state index in [0.717, 1.165) is 0 Å². The molecule has 2 amide bonds. The molecule has 5 heteroatoms. The van der Waals surface area contributed by atoms with E-state index in [2.05, 4.69) is 5.32 Å². The summed E-state index contributed by atoms with van der Waals surface area (Å²) < 4.78 is 0. The van der Waals surface area contributed by atoms with Gasteiger partial charge < -0.3 is 5.32 Å². The van der Waals surface area contributed by atoms with E-state index in [-0.39, 0.29) is 17.7 Å². The predicted molar refractivity (Wildman–Crippen MR) is 61.6 cm³/mol. The number of benzene rings is 1. The summed E-state index contributed by atoms with van der Waals surface area (Å²) in [6.45, 7) is 3.59. The Balaban J connectivity index is 2.83. The molecule has 0 aliphatic carbocycles. The van der Waals surface area contributed by atoms with E-state index in [1.807, 2.05) is 5.43 Å². The Morgan fingerprint density at radius 1 is 1.31 bits per heavy atom. The summed E-state index contributed by atoms with van der Waals surface area (Å²) in [5.41, 5.74) is 3.02. The number of hydrogen-bond donors (Lipinski definition) is 3. The minimum Gasteiger partial charge on any atom is -0.326 e. The molecule has 1 aromatic rings. The first-order valence-corrected chi connectivity index (χ1v) is 4.96. The molecule has 5 nitrogen and oxygen atoms in total. The normalized spacial score (nSPS) is 10.0. The summed E-state index contributed by atoms with van der Waals surface area (Å²) in [5.74, 6) is 4.43. The smallest absolute Gasteiger partial charge is 0.265 e. The van der Waals surface area contributed by atoms with Crippen molar-refractivity contribution in [2.45, 2.75) is 13.8 Å². The first-order valence-electron chi connectivity index (χ1n) is 4.96. The van der Waals surface area contributed by atoms with Gasteiger partial charge in [0.15, 0.2) is 0 Å². The molecule has 86 valence electrons. The van der Waals surface area contributed by atoms with Gasteiger partial charge in [-0.2, -0.15) is 0 Å². The summed E-state index contributed by atoms with van der Waals surface area (Å²) in [5, 5.41) is 2.70. The molecule has 0 aliphatic rings. The second-order valence-corrected chi connectivity index (χ2v) is 3.70. The maximum atomic E-state index is 11.4. The molecule has 0 radical (unpaired) electrons. The molecule has 0 aliphatic heterocycles. The van der Waals surface area contributed by atoms with Crippen molar-refractivity contribution >= 4 is 17.5 Å². The van der Waals surface area contributed by atoms with Gasteiger partial charge in [0.05, 0.1) is 0 Å². The van der Waals surface area contributed by atoms with E-state index in [1.165, 1.54) is 0 Å². The summed E-state index contributed by atoms with van der Waals surface area (Å²) in [7, 11) is 0. The van der Waals surface area contributed by atoms with E-state index >= 15 is 0 Å². The number of hydrogen-bond acceptors (Lipinski definition) is 3. The molecule has 0 unspecified atom stereocenters. The number of amides is 2. The molecule has 0 aromatic heterocycles. The van der Waals surface area contributed by atoms with Crippen LogP contribution in [0.4, 0.5) is 5.69 Å². The Labute approximate surface area is 94.0 Å². The Morgan fingerprint density at radius 3 is 2.56 bits per heavy atom. The lowest BCUT2D eigenvalue weighted by molar-refractivity contribution is -0.118. The molecular formula is C11H15N3O2. The van der Waals surface area contributed by atoms with Crippen LogP contribution in [0.3, 0.4) is 0 Å². The van der Waals surface area contributed by atoms with Crippen molar-refractivity contribution in [1.82, 2.24) is 5.43 Å². The van der Waals surface area contributed by atoms with Crippen LogP contribution < -0.4 is 16.6 Å². The summed E-state index contributed by atoms with van der Waals surface area (Å²) in [6.07, 6.45) is 0. The van der Waals surface area contributed by atoms with Crippen LogP contribution in [-0.2, 0) is 4.79 Å². The SMILES string of the molecule is CC(C)C(=O)Nc1cccc(C(=O)NN)c1. The fraction of sp³-hybridized carbons (Fsp3) is 0.273. The summed E-state index contributed by atoms with van der Waals surface area (Å²) >= 11 is 0. The second kappa shape index (κ2) is 5.27. The van der Waals surface area contributed by atoms with Gasteiger partial charge in [-0.25, -0.2) is 5.84 Å². The van der Waals surface area contributed by atoms with Crippen LogP contribution in [0.5, 0.6) is 0 Å². The molecular weight excluding hydrogens is 206 g/mol. The van der Waals surface area contributed by atoms with Gasteiger partial charge in [0.25, 0.3) is 5.91 Å². The number of rotatable bonds is 3. The molecule has 0 bridgehead atoms. The van der Waals surface area contributed by atoms with E-state index in [9.17, 15) is 9.59 Å². The minimum absolute atomic E-state index is 0.0923. The zero-order valence-corrected chi connectivity index (χ0v) is 9.28. The molecule has 1 aromatic carbocycles. The molecule has 0 heterocycles. The Hall–Kier alpha value is -1.88. The highest BCUT2D eigenvalue weighted by Gasteiger charge is 2.08. The third kappa shape index (κ3) is 3.06. The van der Waals surface area contributed by atoms with Gasteiger partial charge in [0.2, 0.25) is 5.91 Å². The number of hydrazine groups is 1. The molecule has 0 saturated heterocycles. The Bertz CT molecular complexity index is 402. The van der Waals surface area contributed by atoms with Crippen molar-refractivity contribution in [3.63, 3.8) is 0 Å². The van der Waals surface area contributed by atoms with Crippen LogP contribution in [0.15, 0.2) is 24.3 Å². The van der Waals surface area contributed by atoms with Gasteiger partial charge >= 0.3 is 0 Å².